The second-order valence-corrected chi connectivity index (χ2v) is 2.91. The fraction of sp³-hybridized carbons (Fsp3) is 0.714. The Morgan fingerprint density at radius 1 is 1.75 bits per heavy atom. The third-order valence-electron chi connectivity index (χ3n) is 1.98. The molecule has 0 saturated carbocycles. The van der Waals surface area contributed by atoms with Crippen LogP contribution in [0.1, 0.15) is 13.8 Å². The van der Waals surface area contributed by atoms with Gasteiger partial charge in [-0.15, -0.1) is 0 Å². The van der Waals surface area contributed by atoms with Gasteiger partial charge in [-0.25, -0.2) is 0 Å². The molecule has 0 bridgehead atoms. The molecule has 68 valence electrons. The molecular formula is C7H12N2O3. The van der Waals surface area contributed by atoms with Crippen molar-refractivity contribution in [3.8, 4) is 0 Å². The van der Waals surface area contributed by atoms with E-state index in [9.17, 15) is 9.59 Å². The Hall–Kier alpha value is -0.940. The molecule has 1 aliphatic heterocycles. The van der Waals surface area contributed by atoms with Gasteiger partial charge in [0.05, 0.1) is 6.04 Å². The molecule has 0 spiro atoms. The average Bonchev–Trinajstić information content (AvgIpc) is 2.01. The number of likely N-dealkylation sites (tertiary alicyclic amines) is 1. The highest BCUT2D eigenvalue weighted by Crippen LogP contribution is 2.17. The van der Waals surface area contributed by atoms with Crippen LogP contribution in [0.25, 0.3) is 0 Å². The first-order valence-corrected chi connectivity index (χ1v) is 3.79. The number of imide groups is 1. The van der Waals surface area contributed by atoms with Gasteiger partial charge in [-0.2, -0.15) is 0 Å². The predicted octanol–water partition coefficient (Wildman–Crippen LogP) is -1.33. The van der Waals surface area contributed by atoms with E-state index in [1.165, 1.54) is 6.92 Å². The SMILES string of the molecule is CC(O)N[C@@H]1C(=O)N(C=O)[C@@H]1C. The molecule has 5 nitrogen and oxygen atoms in total. The Morgan fingerprint density at radius 2 is 2.33 bits per heavy atom. The molecule has 0 aromatic heterocycles. The normalized spacial score (nSPS) is 31.2. The summed E-state index contributed by atoms with van der Waals surface area (Å²) in [6.45, 7) is 3.28. The monoisotopic (exact) mass is 172 g/mol. The summed E-state index contributed by atoms with van der Waals surface area (Å²) in [4.78, 5) is 22.4. The molecule has 0 aliphatic carbocycles. The predicted molar refractivity (Wildman–Crippen MR) is 41.0 cm³/mol. The fourth-order valence-electron chi connectivity index (χ4n) is 1.26. The third-order valence-corrected chi connectivity index (χ3v) is 1.98. The second-order valence-electron chi connectivity index (χ2n) is 2.91. The summed E-state index contributed by atoms with van der Waals surface area (Å²) in [7, 11) is 0. The maximum atomic E-state index is 11.1. The van der Waals surface area contributed by atoms with Crippen molar-refractivity contribution in [3.63, 3.8) is 0 Å². The first kappa shape index (κ1) is 9.15. The summed E-state index contributed by atoms with van der Waals surface area (Å²) in [6, 6.07) is -0.584. The van der Waals surface area contributed by atoms with E-state index in [4.69, 9.17) is 5.11 Å². The second kappa shape index (κ2) is 3.20. The van der Waals surface area contributed by atoms with Crippen LogP contribution in [0, 0.1) is 0 Å². The van der Waals surface area contributed by atoms with Crippen molar-refractivity contribution in [1.29, 1.82) is 0 Å². The van der Waals surface area contributed by atoms with Gasteiger partial charge >= 0.3 is 0 Å². The van der Waals surface area contributed by atoms with Gasteiger partial charge in [0.1, 0.15) is 12.3 Å². The van der Waals surface area contributed by atoms with Crippen LogP contribution in [0.3, 0.4) is 0 Å². The highest BCUT2D eigenvalue weighted by Gasteiger charge is 2.44. The third kappa shape index (κ3) is 1.33. The number of aliphatic hydroxyl groups is 1. The first-order valence-electron chi connectivity index (χ1n) is 3.79. The van der Waals surface area contributed by atoms with Crippen molar-refractivity contribution >= 4 is 12.3 Å². The molecule has 5 heteroatoms. The molecule has 1 unspecified atom stereocenters. The van der Waals surface area contributed by atoms with Crippen LogP contribution in [0.5, 0.6) is 0 Å². The minimum atomic E-state index is -0.727. The molecule has 2 N–H and O–H groups in total. The number of β-lactam (4-membered cyclic amide) rings is 1. The Morgan fingerprint density at radius 3 is 2.67 bits per heavy atom. The molecule has 3 atom stereocenters. The van der Waals surface area contributed by atoms with Crippen LogP contribution in [-0.2, 0) is 9.59 Å². The zero-order chi connectivity index (χ0) is 9.30. The molecule has 1 aliphatic rings. The minimum absolute atomic E-state index is 0.162. The lowest BCUT2D eigenvalue weighted by molar-refractivity contribution is -0.156. The topological polar surface area (TPSA) is 69.6 Å². The molecular weight excluding hydrogens is 160 g/mol. The first-order chi connectivity index (χ1) is 5.57. The highest BCUT2D eigenvalue weighted by molar-refractivity contribution is 5.97. The number of carbonyl (C=O) groups is 2. The zero-order valence-corrected chi connectivity index (χ0v) is 7.02. The molecule has 1 heterocycles. The van der Waals surface area contributed by atoms with Gasteiger partial charge in [0.2, 0.25) is 12.3 Å². The van der Waals surface area contributed by atoms with Crippen LogP contribution < -0.4 is 5.32 Å². The lowest BCUT2D eigenvalue weighted by Gasteiger charge is -2.42. The van der Waals surface area contributed by atoms with Crippen molar-refractivity contribution in [2.75, 3.05) is 0 Å². The van der Waals surface area contributed by atoms with E-state index in [1.807, 2.05) is 0 Å². The van der Waals surface area contributed by atoms with Crippen molar-refractivity contribution in [2.24, 2.45) is 0 Å². The van der Waals surface area contributed by atoms with Crippen molar-refractivity contribution in [3.05, 3.63) is 0 Å². The van der Waals surface area contributed by atoms with Gasteiger partial charge in [0.15, 0.2) is 0 Å². The lowest BCUT2D eigenvalue weighted by Crippen LogP contribution is -2.69. The van der Waals surface area contributed by atoms with Crippen LogP contribution in [0.4, 0.5) is 0 Å². The molecule has 1 rings (SSSR count). The van der Waals surface area contributed by atoms with E-state index in [2.05, 4.69) is 5.32 Å². The van der Waals surface area contributed by atoms with Crippen LogP contribution in [0.15, 0.2) is 0 Å². The van der Waals surface area contributed by atoms with E-state index in [0.29, 0.717) is 6.41 Å². The van der Waals surface area contributed by atoms with Gasteiger partial charge in [-0.3, -0.25) is 19.8 Å². The van der Waals surface area contributed by atoms with E-state index in [-0.39, 0.29) is 11.9 Å². The Bertz CT molecular complexity index is 205. The molecule has 0 aromatic rings. The summed E-state index contributed by atoms with van der Waals surface area (Å²) >= 11 is 0. The summed E-state index contributed by atoms with van der Waals surface area (Å²) < 4.78 is 0. The number of hydrogen-bond acceptors (Lipinski definition) is 4. The number of carbonyl (C=O) groups excluding carboxylic acids is 2. The van der Waals surface area contributed by atoms with Crippen LogP contribution in [0.2, 0.25) is 0 Å². The van der Waals surface area contributed by atoms with Crippen LogP contribution in [-0.4, -0.2) is 40.6 Å². The van der Waals surface area contributed by atoms with E-state index < -0.39 is 12.3 Å². The van der Waals surface area contributed by atoms with Crippen molar-refractivity contribution in [2.45, 2.75) is 32.2 Å². The number of hydrogen-bond donors (Lipinski definition) is 2. The van der Waals surface area contributed by atoms with Crippen molar-refractivity contribution in [1.82, 2.24) is 10.2 Å². The van der Waals surface area contributed by atoms with Gasteiger partial charge in [-0.1, -0.05) is 0 Å². The Balaban J connectivity index is 2.50. The Labute approximate surface area is 70.4 Å². The summed E-state index contributed by atoms with van der Waals surface area (Å²) in [5.41, 5.74) is 0. The maximum absolute atomic E-state index is 11.1. The standard InChI is InChI=1S/C7H12N2O3/c1-4-6(8-5(2)11)7(12)9(4)3-10/h3-6,8,11H,1-2H3/t4-,5?,6+/m1/s1. The van der Waals surface area contributed by atoms with Gasteiger partial charge < -0.3 is 5.11 Å². The van der Waals surface area contributed by atoms with E-state index >= 15 is 0 Å². The lowest BCUT2D eigenvalue weighted by atomic mass is 9.98. The number of nitrogens with one attached hydrogen (secondary N) is 1. The number of nitrogens with zero attached hydrogens (tertiary/aromatic N) is 1. The van der Waals surface area contributed by atoms with Gasteiger partial charge in [0, 0.05) is 0 Å². The van der Waals surface area contributed by atoms with E-state index in [0.717, 1.165) is 4.90 Å². The molecule has 2 amide bonds. The van der Waals surface area contributed by atoms with Gasteiger partial charge in [0.25, 0.3) is 0 Å². The maximum Gasteiger partial charge on any atom is 0.248 e. The fourth-order valence-corrected chi connectivity index (χ4v) is 1.26. The summed E-state index contributed by atoms with van der Waals surface area (Å²) in [5.74, 6) is -0.279. The quantitative estimate of drug-likeness (QED) is 0.314. The molecule has 0 radical (unpaired) electrons. The molecule has 1 saturated heterocycles. The number of rotatable bonds is 3. The average molecular weight is 172 g/mol. The highest BCUT2D eigenvalue weighted by atomic mass is 16.3. The van der Waals surface area contributed by atoms with Crippen molar-refractivity contribution < 1.29 is 14.7 Å². The molecule has 1 fully saturated rings. The largest absolute Gasteiger partial charge is 0.379 e. The van der Waals surface area contributed by atoms with Gasteiger partial charge in [-0.05, 0) is 13.8 Å². The summed E-state index contributed by atoms with van der Waals surface area (Å²) in [5, 5.41) is 11.6. The Kier molecular flexibility index (Phi) is 2.44. The van der Waals surface area contributed by atoms with Crippen LogP contribution >= 0.6 is 0 Å². The van der Waals surface area contributed by atoms with E-state index in [1.54, 1.807) is 6.92 Å². The minimum Gasteiger partial charge on any atom is -0.379 e. The smallest absolute Gasteiger partial charge is 0.248 e. The number of amides is 2. The number of aliphatic hydroxyl groups excluding tert-OH is 1. The zero-order valence-electron chi connectivity index (χ0n) is 7.02. The summed E-state index contributed by atoms with van der Waals surface area (Å²) in [6.07, 6.45) is -0.220. The molecule has 0 aromatic carbocycles. The molecule has 12 heavy (non-hydrogen) atoms.